The highest BCUT2D eigenvalue weighted by Gasteiger charge is 2.36. The van der Waals surface area contributed by atoms with E-state index in [9.17, 15) is 9.59 Å². The predicted octanol–water partition coefficient (Wildman–Crippen LogP) is 4.00. The summed E-state index contributed by atoms with van der Waals surface area (Å²) < 4.78 is 0. The lowest BCUT2D eigenvalue weighted by Crippen LogP contribution is -2.45. The van der Waals surface area contributed by atoms with Crippen molar-refractivity contribution in [1.29, 1.82) is 0 Å². The van der Waals surface area contributed by atoms with E-state index in [1.165, 1.54) is 0 Å². The zero-order valence-electron chi connectivity index (χ0n) is 13.0. The number of fused-ring (bicyclic) bond motifs is 1. The van der Waals surface area contributed by atoms with Crippen LogP contribution in [-0.2, 0) is 4.79 Å². The third-order valence-corrected chi connectivity index (χ3v) is 5.06. The van der Waals surface area contributed by atoms with Gasteiger partial charge in [0.1, 0.15) is 0 Å². The zero-order chi connectivity index (χ0) is 17.4. The summed E-state index contributed by atoms with van der Waals surface area (Å²) in [6, 6.07) is 12.0. The van der Waals surface area contributed by atoms with Crippen molar-refractivity contribution in [3.05, 3.63) is 63.6 Å². The molecule has 2 amide bonds. The molecule has 124 valence electrons. The van der Waals surface area contributed by atoms with Crippen molar-refractivity contribution in [2.75, 3.05) is 4.90 Å². The maximum atomic E-state index is 13.0. The molecule has 0 spiro atoms. The van der Waals surface area contributed by atoms with Crippen molar-refractivity contribution in [2.45, 2.75) is 25.3 Å². The molecule has 1 aliphatic rings. The van der Waals surface area contributed by atoms with Gasteiger partial charge < -0.3 is 10.6 Å². The molecular formula is C18H16Cl2N2O2. The van der Waals surface area contributed by atoms with E-state index in [1.54, 1.807) is 23.1 Å². The van der Waals surface area contributed by atoms with Crippen LogP contribution in [-0.4, -0.2) is 17.9 Å². The largest absolute Gasteiger partial charge is 0.369 e. The highest BCUT2D eigenvalue weighted by molar-refractivity contribution is 6.42. The van der Waals surface area contributed by atoms with Gasteiger partial charge in [0.05, 0.1) is 16.0 Å². The summed E-state index contributed by atoms with van der Waals surface area (Å²) in [7, 11) is 0. The van der Waals surface area contributed by atoms with E-state index in [-0.39, 0.29) is 17.9 Å². The average molecular weight is 363 g/mol. The smallest absolute Gasteiger partial charge is 0.258 e. The van der Waals surface area contributed by atoms with Gasteiger partial charge in [0.2, 0.25) is 5.91 Å². The number of amides is 2. The number of primary amides is 1. The average Bonchev–Trinajstić information content (AvgIpc) is 2.56. The lowest BCUT2D eigenvalue weighted by atomic mass is 9.85. The molecular weight excluding hydrogens is 347 g/mol. The monoisotopic (exact) mass is 362 g/mol. The van der Waals surface area contributed by atoms with E-state index in [0.717, 1.165) is 5.56 Å². The van der Waals surface area contributed by atoms with Crippen LogP contribution in [0.15, 0.2) is 42.5 Å². The van der Waals surface area contributed by atoms with Gasteiger partial charge in [0.15, 0.2) is 0 Å². The molecule has 0 unspecified atom stereocenters. The molecule has 0 saturated carbocycles. The fraction of sp³-hybridized carbons (Fsp3) is 0.222. The first-order chi connectivity index (χ1) is 11.4. The number of rotatable bonds is 2. The second-order valence-corrected chi connectivity index (χ2v) is 6.72. The summed E-state index contributed by atoms with van der Waals surface area (Å²) in [5.74, 6) is -0.957. The Hall–Kier alpha value is -2.04. The Morgan fingerprint density at radius 3 is 2.50 bits per heavy atom. The van der Waals surface area contributed by atoms with E-state index in [1.807, 2.05) is 31.2 Å². The Kier molecular flexibility index (Phi) is 4.52. The Bertz CT molecular complexity index is 822. The summed E-state index contributed by atoms with van der Waals surface area (Å²) in [6.07, 6.45) is 0.486. The van der Waals surface area contributed by atoms with Crippen molar-refractivity contribution in [3.63, 3.8) is 0 Å². The summed E-state index contributed by atoms with van der Waals surface area (Å²) in [5.41, 5.74) is 7.47. The number of carbonyl (C=O) groups is 2. The van der Waals surface area contributed by atoms with Gasteiger partial charge in [-0.1, -0.05) is 41.4 Å². The van der Waals surface area contributed by atoms with E-state index in [2.05, 4.69) is 0 Å². The van der Waals surface area contributed by atoms with Crippen LogP contribution in [0.25, 0.3) is 0 Å². The maximum absolute atomic E-state index is 13.0. The minimum absolute atomic E-state index is 0.167. The quantitative estimate of drug-likeness (QED) is 0.877. The van der Waals surface area contributed by atoms with E-state index < -0.39 is 5.92 Å². The molecule has 2 aromatic carbocycles. The summed E-state index contributed by atoms with van der Waals surface area (Å²) in [4.78, 5) is 26.5. The summed E-state index contributed by atoms with van der Waals surface area (Å²) in [5, 5.41) is 0.726. The molecule has 0 bridgehead atoms. The number of anilines is 1. The zero-order valence-corrected chi connectivity index (χ0v) is 14.5. The Morgan fingerprint density at radius 1 is 1.12 bits per heavy atom. The lowest BCUT2D eigenvalue weighted by Gasteiger charge is -2.38. The molecule has 0 aliphatic carbocycles. The third-order valence-electron chi connectivity index (χ3n) is 4.32. The first-order valence-corrected chi connectivity index (χ1v) is 8.32. The normalized spacial score (nSPS) is 19.7. The van der Waals surface area contributed by atoms with Gasteiger partial charge in [-0.15, -0.1) is 0 Å². The van der Waals surface area contributed by atoms with Crippen LogP contribution < -0.4 is 10.6 Å². The van der Waals surface area contributed by atoms with E-state index in [0.29, 0.717) is 27.7 Å². The molecule has 1 aliphatic heterocycles. The number of hydrogen-bond acceptors (Lipinski definition) is 2. The molecule has 0 aromatic heterocycles. The SMILES string of the molecule is C[C@@H]1C[C@@H](C(N)=O)c2ccccc2N1C(=O)c1ccc(Cl)c(Cl)c1. The van der Waals surface area contributed by atoms with Gasteiger partial charge >= 0.3 is 0 Å². The number of para-hydroxylation sites is 1. The van der Waals surface area contributed by atoms with Crippen molar-refractivity contribution in [2.24, 2.45) is 5.73 Å². The molecule has 2 aromatic rings. The van der Waals surface area contributed by atoms with Crippen LogP contribution in [0.4, 0.5) is 5.69 Å². The van der Waals surface area contributed by atoms with Crippen LogP contribution in [0.5, 0.6) is 0 Å². The van der Waals surface area contributed by atoms with Crippen molar-refractivity contribution in [1.82, 2.24) is 0 Å². The first-order valence-electron chi connectivity index (χ1n) is 7.57. The number of halogens is 2. The van der Waals surface area contributed by atoms with Crippen LogP contribution >= 0.6 is 23.2 Å². The van der Waals surface area contributed by atoms with Gasteiger partial charge in [-0.05, 0) is 43.2 Å². The maximum Gasteiger partial charge on any atom is 0.258 e. The minimum Gasteiger partial charge on any atom is -0.369 e. The number of nitrogens with zero attached hydrogens (tertiary/aromatic N) is 1. The van der Waals surface area contributed by atoms with Crippen molar-refractivity contribution < 1.29 is 9.59 Å². The van der Waals surface area contributed by atoms with Gasteiger partial charge in [0.25, 0.3) is 5.91 Å². The molecule has 0 saturated heterocycles. The van der Waals surface area contributed by atoms with Gasteiger partial charge in [-0.3, -0.25) is 9.59 Å². The minimum atomic E-state index is -0.394. The standard InChI is InChI=1S/C18H16Cl2N2O2/c1-10-8-13(17(21)23)12-4-2-3-5-16(12)22(10)18(24)11-6-7-14(19)15(20)9-11/h2-7,9-10,13H,8H2,1H3,(H2,21,23)/t10-,13-/m1/s1. The molecule has 4 nitrogen and oxygen atoms in total. The molecule has 1 heterocycles. The fourth-order valence-corrected chi connectivity index (χ4v) is 3.46. The van der Waals surface area contributed by atoms with Crippen LogP contribution in [0.3, 0.4) is 0 Å². The molecule has 3 rings (SSSR count). The summed E-state index contributed by atoms with van der Waals surface area (Å²) >= 11 is 12.0. The van der Waals surface area contributed by atoms with Crippen molar-refractivity contribution >= 4 is 40.7 Å². The third kappa shape index (κ3) is 2.87. The molecule has 24 heavy (non-hydrogen) atoms. The lowest BCUT2D eigenvalue weighted by molar-refractivity contribution is -0.119. The first kappa shape index (κ1) is 16.8. The topological polar surface area (TPSA) is 63.4 Å². The van der Waals surface area contributed by atoms with Crippen LogP contribution in [0.2, 0.25) is 10.0 Å². The van der Waals surface area contributed by atoms with Gasteiger partial charge in [0, 0.05) is 17.3 Å². The number of nitrogens with two attached hydrogens (primary N) is 1. The predicted molar refractivity (Wildman–Crippen MR) is 95.7 cm³/mol. The Labute approximate surface area is 150 Å². The Morgan fingerprint density at radius 2 is 1.83 bits per heavy atom. The number of benzene rings is 2. The highest BCUT2D eigenvalue weighted by Crippen LogP contribution is 2.39. The second kappa shape index (κ2) is 6.46. The van der Waals surface area contributed by atoms with Crippen LogP contribution in [0, 0.1) is 0 Å². The van der Waals surface area contributed by atoms with Crippen molar-refractivity contribution in [3.8, 4) is 0 Å². The van der Waals surface area contributed by atoms with Crippen LogP contribution in [0.1, 0.15) is 35.2 Å². The molecule has 0 radical (unpaired) electrons. The Balaban J connectivity index is 2.06. The van der Waals surface area contributed by atoms with Gasteiger partial charge in [-0.25, -0.2) is 0 Å². The van der Waals surface area contributed by atoms with E-state index >= 15 is 0 Å². The highest BCUT2D eigenvalue weighted by atomic mass is 35.5. The molecule has 0 fully saturated rings. The molecule has 2 N–H and O–H groups in total. The fourth-order valence-electron chi connectivity index (χ4n) is 3.16. The molecule has 2 atom stereocenters. The molecule has 6 heteroatoms. The van der Waals surface area contributed by atoms with E-state index in [4.69, 9.17) is 28.9 Å². The number of hydrogen-bond donors (Lipinski definition) is 1. The summed E-state index contributed by atoms with van der Waals surface area (Å²) in [6.45, 7) is 1.90. The second-order valence-electron chi connectivity index (χ2n) is 5.90. The number of carbonyl (C=O) groups excluding carboxylic acids is 2. The van der Waals surface area contributed by atoms with Gasteiger partial charge in [-0.2, -0.15) is 0 Å².